The monoisotopic (exact) mass is 371 g/mol. The highest BCUT2D eigenvalue weighted by atomic mass is 19.2. The summed E-state index contributed by atoms with van der Waals surface area (Å²) in [7, 11) is 0. The highest BCUT2D eigenvalue weighted by Crippen LogP contribution is 2.24. The molecule has 2 aromatic heterocycles. The van der Waals surface area contributed by atoms with Crippen LogP contribution in [0.3, 0.4) is 0 Å². The second-order valence-corrected chi connectivity index (χ2v) is 6.45. The zero-order valence-electron chi connectivity index (χ0n) is 14.9. The van der Waals surface area contributed by atoms with Crippen LogP contribution < -0.4 is 16.0 Å². The molecule has 7 heteroatoms. The first kappa shape index (κ1) is 18.5. The fraction of sp³-hybridized carbons (Fsp3) is 0.200. The number of H-pyrrole nitrogens is 1. The summed E-state index contributed by atoms with van der Waals surface area (Å²) in [6.07, 6.45) is 0.920. The largest absolute Gasteiger partial charge is 0.340 e. The van der Waals surface area contributed by atoms with Crippen LogP contribution in [-0.2, 0) is 0 Å². The number of benzene rings is 1. The van der Waals surface area contributed by atoms with E-state index in [-0.39, 0.29) is 28.3 Å². The van der Waals surface area contributed by atoms with Crippen molar-refractivity contribution in [2.75, 3.05) is 0 Å². The van der Waals surface area contributed by atoms with E-state index in [2.05, 4.69) is 4.98 Å². The molecule has 0 unspecified atom stereocenters. The van der Waals surface area contributed by atoms with Crippen molar-refractivity contribution in [3.05, 3.63) is 56.2 Å². The lowest BCUT2D eigenvalue weighted by atomic mass is 10.1. The molecule has 0 aliphatic rings. The Morgan fingerprint density at radius 3 is 2.59 bits per heavy atom. The molecule has 0 aliphatic heterocycles. The Morgan fingerprint density at radius 2 is 2.04 bits per heavy atom. The molecule has 0 amide bonds. The first-order chi connectivity index (χ1) is 12.8. The average molecular weight is 371 g/mol. The van der Waals surface area contributed by atoms with Crippen LogP contribution in [0, 0.1) is 11.3 Å². The summed E-state index contributed by atoms with van der Waals surface area (Å²) in [5, 5.41) is 9.38. The number of nitrogens with one attached hydrogen (secondary N) is 1. The molecular formula is C20H16F3N3O. The van der Waals surface area contributed by atoms with Gasteiger partial charge in [-0.3, -0.25) is 4.79 Å². The van der Waals surface area contributed by atoms with Gasteiger partial charge < -0.3 is 9.55 Å². The highest BCUT2D eigenvalue weighted by Gasteiger charge is 2.17. The van der Waals surface area contributed by atoms with Gasteiger partial charge >= 0.3 is 0 Å². The van der Waals surface area contributed by atoms with E-state index in [0.717, 1.165) is 6.92 Å². The molecule has 3 aromatic rings. The van der Waals surface area contributed by atoms with E-state index in [0.29, 0.717) is 28.2 Å². The number of aromatic amines is 1. The van der Waals surface area contributed by atoms with Gasteiger partial charge in [-0.15, -0.1) is 0 Å². The fourth-order valence-electron chi connectivity index (χ4n) is 3.18. The smallest absolute Gasteiger partial charge is 0.199 e. The minimum absolute atomic E-state index is 0.161. The van der Waals surface area contributed by atoms with Crippen LogP contribution in [-0.4, -0.2) is 9.55 Å². The maximum atomic E-state index is 13.9. The molecule has 138 valence electrons. The lowest BCUT2D eigenvalue weighted by molar-refractivity contribution is 0.562. The number of nitriles is 1. The van der Waals surface area contributed by atoms with Crippen molar-refractivity contribution in [1.29, 1.82) is 5.26 Å². The van der Waals surface area contributed by atoms with Gasteiger partial charge in [-0.2, -0.15) is 5.26 Å². The number of rotatable bonds is 2. The van der Waals surface area contributed by atoms with E-state index in [4.69, 9.17) is 5.26 Å². The van der Waals surface area contributed by atoms with E-state index in [1.807, 2.05) is 6.07 Å². The summed E-state index contributed by atoms with van der Waals surface area (Å²) in [5.74, 6) is -2.34. The van der Waals surface area contributed by atoms with E-state index in [1.165, 1.54) is 4.57 Å². The van der Waals surface area contributed by atoms with Gasteiger partial charge in [0.05, 0.1) is 27.6 Å². The SMILES string of the molecule is C\C(F)=C(F)/C=c1/c(=O)c2c3ccc(C#N)cc3[nH]c2n(C(C)C)/c1=C\F. The first-order valence-electron chi connectivity index (χ1n) is 8.24. The van der Waals surface area contributed by atoms with Gasteiger partial charge in [-0.05, 0) is 39.0 Å². The molecule has 0 radical (unpaired) electrons. The van der Waals surface area contributed by atoms with Crippen LogP contribution in [0.5, 0.6) is 0 Å². The zero-order valence-corrected chi connectivity index (χ0v) is 14.9. The average Bonchev–Trinajstić information content (AvgIpc) is 3.00. The van der Waals surface area contributed by atoms with Gasteiger partial charge in [-0.1, -0.05) is 6.07 Å². The Bertz CT molecular complexity index is 1320. The van der Waals surface area contributed by atoms with Crippen LogP contribution in [0.1, 0.15) is 32.4 Å². The fourth-order valence-corrected chi connectivity index (χ4v) is 3.18. The van der Waals surface area contributed by atoms with Crippen molar-refractivity contribution < 1.29 is 13.2 Å². The standard InChI is InChI=1S/C20H16F3N3O/c1-10(2)26-17(8-21)14(7-15(23)11(3)22)19(27)18-13-5-4-12(9-24)6-16(13)25-20(18)26/h4-8,10,25H,1-3H3/b14-7+,15-11-,17-8-. The number of fused-ring (bicyclic) bond motifs is 3. The molecule has 3 rings (SSSR count). The summed E-state index contributed by atoms with van der Waals surface area (Å²) >= 11 is 0. The molecule has 27 heavy (non-hydrogen) atoms. The molecule has 1 aromatic carbocycles. The summed E-state index contributed by atoms with van der Waals surface area (Å²) in [4.78, 5) is 16.1. The molecule has 0 fully saturated rings. The highest BCUT2D eigenvalue weighted by molar-refractivity contribution is 6.06. The quantitative estimate of drug-likeness (QED) is 0.748. The number of hydrogen-bond acceptors (Lipinski definition) is 2. The summed E-state index contributed by atoms with van der Waals surface area (Å²) in [6, 6.07) is 6.46. The van der Waals surface area contributed by atoms with Gasteiger partial charge in [0.2, 0.25) is 0 Å². The third kappa shape index (κ3) is 2.93. The van der Waals surface area contributed by atoms with Crippen molar-refractivity contribution in [2.24, 2.45) is 0 Å². The Labute approximate surface area is 152 Å². The van der Waals surface area contributed by atoms with E-state index in [1.54, 1.807) is 32.0 Å². The third-order valence-electron chi connectivity index (χ3n) is 4.38. The van der Waals surface area contributed by atoms with Crippen molar-refractivity contribution >= 4 is 34.3 Å². The molecule has 0 spiro atoms. The second-order valence-electron chi connectivity index (χ2n) is 6.45. The number of halogens is 3. The Hall–Kier alpha value is -3.27. The maximum absolute atomic E-state index is 13.9. The van der Waals surface area contributed by atoms with Gasteiger partial charge in [-0.25, -0.2) is 13.2 Å². The zero-order chi connectivity index (χ0) is 19.9. The van der Waals surface area contributed by atoms with Crippen LogP contribution in [0.25, 0.3) is 34.3 Å². The van der Waals surface area contributed by atoms with Crippen LogP contribution in [0.15, 0.2) is 34.6 Å². The second kappa shape index (κ2) is 6.80. The van der Waals surface area contributed by atoms with Crippen molar-refractivity contribution in [3.63, 3.8) is 0 Å². The predicted octanol–water partition coefficient (Wildman–Crippen LogP) is 3.59. The number of pyridine rings is 1. The summed E-state index contributed by atoms with van der Waals surface area (Å²) < 4.78 is 42.4. The van der Waals surface area contributed by atoms with Gasteiger partial charge in [0, 0.05) is 16.9 Å². The lowest BCUT2D eigenvalue weighted by Gasteiger charge is -2.14. The van der Waals surface area contributed by atoms with Crippen LogP contribution in [0.4, 0.5) is 13.2 Å². The van der Waals surface area contributed by atoms with Gasteiger partial charge in [0.1, 0.15) is 17.8 Å². The van der Waals surface area contributed by atoms with Crippen LogP contribution >= 0.6 is 0 Å². The molecule has 0 bridgehead atoms. The Balaban J connectivity index is 2.69. The molecule has 0 saturated heterocycles. The summed E-state index contributed by atoms with van der Waals surface area (Å²) in [5.41, 5.74) is 0.638. The molecular weight excluding hydrogens is 355 g/mol. The van der Waals surface area contributed by atoms with E-state index in [9.17, 15) is 18.0 Å². The third-order valence-corrected chi connectivity index (χ3v) is 4.38. The first-order valence-corrected chi connectivity index (χ1v) is 8.24. The molecule has 1 N–H and O–H groups in total. The number of aromatic nitrogens is 2. The molecule has 0 saturated carbocycles. The maximum Gasteiger partial charge on any atom is 0.199 e. The number of allylic oxidation sites excluding steroid dienone is 2. The van der Waals surface area contributed by atoms with Crippen LogP contribution in [0.2, 0.25) is 0 Å². The molecule has 0 atom stereocenters. The molecule has 0 aliphatic carbocycles. The molecule has 4 nitrogen and oxygen atoms in total. The van der Waals surface area contributed by atoms with Crippen molar-refractivity contribution in [2.45, 2.75) is 26.8 Å². The number of nitrogens with zero attached hydrogens (tertiary/aromatic N) is 2. The Kier molecular flexibility index (Phi) is 4.66. The predicted molar refractivity (Wildman–Crippen MR) is 99.4 cm³/mol. The van der Waals surface area contributed by atoms with E-state index < -0.39 is 17.1 Å². The minimum atomic E-state index is -1.24. The minimum Gasteiger partial charge on any atom is -0.340 e. The number of hydrogen-bond donors (Lipinski definition) is 1. The van der Waals surface area contributed by atoms with Gasteiger partial charge in [0.25, 0.3) is 0 Å². The Morgan fingerprint density at radius 1 is 1.33 bits per heavy atom. The molecule has 2 heterocycles. The van der Waals surface area contributed by atoms with Crippen molar-refractivity contribution in [1.82, 2.24) is 9.55 Å². The lowest BCUT2D eigenvalue weighted by Crippen LogP contribution is -2.46. The topological polar surface area (TPSA) is 61.6 Å². The summed E-state index contributed by atoms with van der Waals surface area (Å²) in [6.45, 7) is 4.47. The van der Waals surface area contributed by atoms with E-state index >= 15 is 0 Å². The van der Waals surface area contributed by atoms with Gasteiger partial charge in [0.15, 0.2) is 11.3 Å². The van der Waals surface area contributed by atoms with Crippen molar-refractivity contribution in [3.8, 4) is 6.07 Å². The normalized spacial score (nSPS) is 14.3.